The van der Waals surface area contributed by atoms with Gasteiger partial charge in [0.15, 0.2) is 5.78 Å². The zero-order valence-corrected chi connectivity index (χ0v) is 14.4. The van der Waals surface area contributed by atoms with Gasteiger partial charge in [-0.05, 0) is 25.3 Å². The van der Waals surface area contributed by atoms with Crippen molar-refractivity contribution in [3.8, 4) is 12.3 Å². The van der Waals surface area contributed by atoms with Crippen LogP contribution in [0.4, 0.5) is 0 Å². The first kappa shape index (κ1) is 18.7. The van der Waals surface area contributed by atoms with Crippen molar-refractivity contribution < 1.29 is 19.1 Å². The third-order valence-electron chi connectivity index (χ3n) is 4.32. The number of Topliss-reactive ketones (excluding diaryl/α,β-unsaturated/α-hetero) is 1. The van der Waals surface area contributed by atoms with Crippen LogP contribution in [0.25, 0.3) is 0 Å². The number of ether oxygens (including phenoxy) is 1. The first-order valence-corrected chi connectivity index (χ1v) is 8.51. The number of benzene rings is 1. The van der Waals surface area contributed by atoms with Gasteiger partial charge in [0.25, 0.3) is 0 Å². The molecule has 1 amide bonds. The molecule has 5 heteroatoms. The van der Waals surface area contributed by atoms with Gasteiger partial charge in [0.05, 0.1) is 6.04 Å². The highest BCUT2D eigenvalue weighted by Crippen LogP contribution is 2.26. The van der Waals surface area contributed by atoms with Crippen LogP contribution in [0.5, 0.6) is 0 Å². The zero-order chi connectivity index (χ0) is 18.2. The lowest BCUT2D eigenvalue weighted by atomic mass is 9.88. The van der Waals surface area contributed by atoms with Crippen molar-refractivity contribution in [2.75, 3.05) is 0 Å². The molecule has 0 unspecified atom stereocenters. The van der Waals surface area contributed by atoms with Crippen LogP contribution in [0.2, 0.25) is 0 Å². The maximum Gasteiger partial charge on any atom is 0.313 e. The Morgan fingerprint density at radius 1 is 1.32 bits per heavy atom. The number of amides is 1. The van der Waals surface area contributed by atoms with Crippen molar-refractivity contribution in [1.82, 2.24) is 5.32 Å². The lowest BCUT2D eigenvalue weighted by Gasteiger charge is -2.32. The quantitative estimate of drug-likeness (QED) is 0.424. The van der Waals surface area contributed by atoms with E-state index in [4.69, 9.17) is 11.2 Å². The van der Waals surface area contributed by atoms with E-state index in [-0.39, 0.29) is 36.6 Å². The molecular formula is C20H23NO4. The molecular weight excluding hydrogens is 318 g/mol. The number of cyclic esters (lactones) is 1. The number of carbonyl (C=O) groups excluding carboxylic acids is 3. The van der Waals surface area contributed by atoms with Crippen molar-refractivity contribution in [3.63, 3.8) is 0 Å². The third kappa shape index (κ3) is 5.46. The van der Waals surface area contributed by atoms with Gasteiger partial charge in [0, 0.05) is 19.3 Å². The Bertz CT molecular complexity index is 662. The second-order valence-corrected chi connectivity index (χ2v) is 6.29. The van der Waals surface area contributed by atoms with Gasteiger partial charge < -0.3 is 10.1 Å². The summed E-state index contributed by atoms with van der Waals surface area (Å²) >= 11 is 0. The molecule has 0 spiro atoms. The van der Waals surface area contributed by atoms with Gasteiger partial charge in [0.1, 0.15) is 12.0 Å². The SMILES string of the molecule is C#CCCCC(=O)N[C@@H](Cc1ccccc1)C(=O)C[C@@H]1C(=O)O[C@@H]1C. The second-order valence-electron chi connectivity index (χ2n) is 6.29. The standard InChI is InChI=1S/C20H23NO4/c1-3-4-6-11-19(23)21-17(12-15-9-7-5-8-10-15)18(22)13-16-14(2)25-20(16)24/h1,5,7-10,14,16-17H,4,6,11-13H2,2H3,(H,21,23)/t14-,16+,17+/m1/s1. The number of carbonyl (C=O) groups is 3. The minimum Gasteiger partial charge on any atom is -0.461 e. The number of hydrogen-bond donors (Lipinski definition) is 1. The normalized spacial score (nSPS) is 19.9. The Morgan fingerprint density at radius 3 is 2.64 bits per heavy atom. The number of ketones is 1. The summed E-state index contributed by atoms with van der Waals surface area (Å²) in [5.74, 6) is 1.38. The summed E-state index contributed by atoms with van der Waals surface area (Å²) in [6.07, 6.45) is 6.81. The Kier molecular flexibility index (Phi) is 6.76. The molecule has 2 rings (SSSR count). The van der Waals surface area contributed by atoms with E-state index in [0.717, 1.165) is 5.56 Å². The van der Waals surface area contributed by atoms with Crippen LogP contribution >= 0.6 is 0 Å². The summed E-state index contributed by atoms with van der Waals surface area (Å²) in [6.45, 7) is 1.77. The number of esters is 1. The van der Waals surface area contributed by atoms with Gasteiger partial charge in [-0.3, -0.25) is 14.4 Å². The highest BCUT2D eigenvalue weighted by Gasteiger charge is 2.41. The van der Waals surface area contributed by atoms with Crippen LogP contribution in [-0.4, -0.2) is 29.8 Å². The maximum atomic E-state index is 12.7. The summed E-state index contributed by atoms with van der Waals surface area (Å²) < 4.78 is 4.90. The third-order valence-corrected chi connectivity index (χ3v) is 4.32. The number of rotatable bonds is 9. The van der Waals surface area contributed by atoms with Gasteiger partial charge in [-0.2, -0.15) is 0 Å². The lowest BCUT2D eigenvalue weighted by molar-refractivity contribution is -0.183. The van der Waals surface area contributed by atoms with Crippen LogP contribution in [0.1, 0.15) is 38.2 Å². The van der Waals surface area contributed by atoms with Crippen molar-refractivity contribution in [2.24, 2.45) is 5.92 Å². The summed E-state index contributed by atoms with van der Waals surface area (Å²) in [7, 11) is 0. The van der Waals surface area contributed by atoms with E-state index in [1.54, 1.807) is 6.92 Å². The lowest BCUT2D eigenvalue weighted by Crippen LogP contribution is -2.48. The highest BCUT2D eigenvalue weighted by molar-refractivity contribution is 5.93. The molecule has 1 aromatic rings. The molecule has 1 aliphatic heterocycles. The van der Waals surface area contributed by atoms with Crippen LogP contribution in [0.3, 0.4) is 0 Å². The molecule has 1 saturated heterocycles. The average molecular weight is 341 g/mol. The molecule has 0 radical (unpaired) electrons. The Balaban J connectivity index is 2.00. The number of hydrogen-bond acceptors (Lipinski definition) is 4. The fourth-order valence-electron chi connectivity index (χ4n) is 2.79. The van der Waals surface area contributed by atoms with Crippen LogP contribution in [0, 0.1) is 18.3 Å². The monoisotopic (exact) mass is 341 g/mol. The molecule has 0 saturated carbocycles. The fourth-order valence-corrected chi connectivity index (χ4v) is 2.79. The van der Waals surface area contributed by atoms with Crippen molar-refractivity contribution in [2.45, 2.75) is 51.2 Å². The number of terminal acetylenes is 1. The summed E-state index contributed by atoms with van der Waals surface area (Å²) in [4.78, 5) is 36.2. The molecule has 3 atom stereocenters. The van der Waals surface area contributed by atoms with Crippen molar-refractivity contribution in [1.29, 1.82) is 0 Å². The van der Waals surface area contributed by atoms with Crippen molar-refractivity contribution >= 4 is 17.7 Å². The predicted molar refractivity (Wildman–Crippen MR) is 93.4 cm³/mol. The summed E-state index contributed by atoms with van der Waals surface area (Å²) in [5, 5.41) is 2.80. The van der Waals surface area contributed by atoms with E-state index in [9.17, 15) is 14.4 Å². The van der Waals surface area contributed by atoms with Gasteiger partial charge in [-0.25, -0.2) is 0 Å². The highest BCUT2D eigenvalue weighted by atomic mass is 16.6. The fraction of sp³-hybridized carbons (Fsp3) is 0.450. The second kappa shape index (κ2) is 9.03. The zero-order valence-electron chi connectivity index (χ0n) is 14.4. The molecule has 1 heterocycles. The van der Waals surface area contributed by atoms with Gasteiger partial charge >= 0.3 is 5.97 Å². The maximum absolute atomic E-state index is 12.7. The summed E-state index contributed by atoms with van der Waals surface area (Å²) in [5.41, 5.74) is 0.953. The van der Waals surface area contributed by atoms with Gasteiger partial charge in [-0.1, -0.05) is 30.3 Å². The van der Waals surface area contributed by atoms with Crippen LogP contribution < -0.4 is 5.32 Å². The predicted octanol–water partition coefficient (Wildman–Crippen LogP) is 2.04. The molecule has 25 heavy (non-hydrogen) atoms. The smallest absolute Gasteiger partial charge is 0.313 e. The van der Waals surface area contributed by atoms with E-state index >= 15 is 0 Å². The topological polar surface area (TPSA) is 72.5 Å². The Morgan fingerprint density at radius 2 is 2.04 bits per heavy atom. The first-order valence-electron chi connectivity index (χ1n) is 8.51. The summed E-state index contributed by atoms with van der Waals surface area (Å²) in [6, 6.07) is 8.83. The van der Waals surface area contributed by atoms with Crippen molar-refractivity contribution in [3.05, 3.63) is 35.9 Å². The molecule has 5 nitrogen and oxygen atoms in total. The largest absolute Gasteiger partial charge is 0.461 e. The van der Waals surface area contributed by atoms with Gasteiger partial charge in [0.2, 0.25) is 5.91 Å². The number of nitrogens with one attached hydrogen (secondary N) is 1. The molecule has 132 valence electrons. The number of unbranched alkanes of at least 4 members (excludes halogenated alkanes) is 1. The molecule has 0 aromatic heterocycles. The molecule has 0 aliphatic carbocycles. The Labute approximate surface area is 148 Å². The van der Waals surface area contributed by atoms with Crippen LogP contribution in [-0.2, 0) is 25.5 Å². The molecule has 1 fully saturated rings. The minimum atomic E-state index is -0.652. The van der Waals surface area contributed by atoms with Gasteiger partial charge in [-0.15, -0.1) is 12.3 Å². The van der Waals surface area contributed by atoms with E-state index in [1.807, 2.05) is 30.3 Å². The minimum absolute atomic E-state index is 0.0855. The first-order chi connectivity index (χ1) is 12.0. The molecule has 1 aliphatic rings. The molecule has 1 N–H and O–H groups in total. The van der Waals surface area contributed by atoms with E-state index in [1.165, 1.54) is 0 Å². The van der Waals surface area contributed by atoms with E-state index < -0.39 is 12.0 Å². The van der Waals surface area contributed by atoms with E-state index in [2.05, 4.69) is 11.2 Å². The Hall–Kier alpha value is -2.61. The van der Waals surface area contributed by atoms with E-state index in [0.29, 0.717) is 19.3 Å². The average Bonchev–Trinajstić information content (AvgIpc) is 2.60. The van der Waals surface area contributed by atoms with Crippen LogP contribution in [0.15, 0.2) is 30.3 Å². The molecule has 1 aromatic carbocycles. The molecule has 0 bridgehead atoms.